The van der Waals surface area contributed by atoms with Crippen LogP contribution in [0.4, 0.5) is 87.8 Å². The summed E-state index contributed by atoms with van der Waals surface area (Å²) in [4.78, 5) is 10.9. The van der Waals surface area contributed by atoms with Gasteiger partial charge in [0.1, 0.15) is 0 Å². The van der Waals surface area contributed by atoms with Gasteiger partial charge in [-0.2, -0.15) is 87.8 Å². The molecule has 0 aliphatic rings. The van der Waals surface area contributed by atoms with E-state index < -0.39 is 67.1 Å². The second-order valence-electron chi connectivity index (χ2n) is 5.69. The highest BCUT2D eigenvalue weighted by atomic mass is 19.4. The van der Waals surface area contributed by atoms with E-state index >= 15 is 0 Å². The SMILES string of the molecule is O=C(OCC(F)(F)F)[C@@](F)(OC(F)(F)[C@](F)(OC(F)(F)C(F)(F)C(F)(F)F)C(F)(F)F)C(F)(F)F. The van der Waals surface area contributed by atoms with Crippen molar-refractivity contribution in [3.8, 4) is 0 Å². The largest absolute Gasteiger partial charge is 0.462 e. The van der Waals surface area contributed by atoms with Gasteiger partial charge in [-0.3, -0.25) is 9.47 Å². The van der Waals surface area contributed by atoms with Gasteiger partial charge in [0.05, 0.1) is 0 Å². The van der Waals surface area contributed by atoms with Crippen LogP contribution in [0.2, 0.25) is 0 Å². The van der Waals surface area contributed by atoms with Crippen molar-refractivity contribution in [1.82, 2.24) is 0 Å². The Bertz CT molecular complexity index is 761. The van der Waals surface area contributed by atoms with Gasteiger partial charge in [0, 0.05) is 0 Å². The first kappa shape index (κ1) is 33.0. The Balaban J connectivity index is 6.69. The highest BCUT2D eigenvalue weighted by molar-refractivity contribution is 5.79. The van der Waals surface area contributed by atoms with Gasteiger partial charge in [0.15, 0.2) is 6.61 Å². The summed E-state index contributed by atoms with van der Waals surface area (Å²) >= 11 is 0. The van der Waals surface area contributed by atoms with Crippen LogP contribution in [0.25, 0.3) is 0 Å². The van der Waals surface area contributed by atoms with E-state index in [1.165, 1.54) is 4.74 Å². The summed E-state index contributed by atoms with van der Waals surface area (Å²) in [5.41, 5.74) is 0. The number of carbonyl (C=O) groups excluding carboxylic acids is 1. The Hall–Kier alpha value is -2.01. The molecule has 24 heteroatoms. The molecule has 0 N–H and O–H groups in total. The summed E-state index contributed by atoms with van der Waals surface area (Å²) in [5.74, 6) is -28.0. The van der Waals surface area contributed by atoms with Crippen LogP contribution in [0.1, 0.15) is 0 Å². The number of alkyl halides is 20. The van der Waals surface area contributed by atoms with Gasteiger partial charge in [-0.05, 0) is 0 Å². The second kappa shape index (κ2) is 8.83. The first-order valence-electron chi connectivity index (χ1n) is 7.15. The molecular weight excluding hydrogens is 576 g/mol. The molecule has 0 aromatic rings. The maximum Gasteiger partial charge on any atom is 0.462 e. The predicted octanol–water partition coefficient (Wildman–Crippen LogP) is 5.96. The molecule has 0 fully saturated rings. The lowest BCUT2D eigenvalue weighted by atomic mass is 10.2. The average Bonchev–Trinajstić information content (AvgIpc) is 2.54. The minimum Gasteiger partial charge on any atom is -0.452 e. The molecule has 0 amide bonds. The van der Waals surface area contributed by atoms with E-state index in [1.807, 2.05) is 0 Å². The summed E-state index contributed by atoms with van der Waals surface area (Å²) in [6, 6.07) is 0. The molecule has 0 rings (SSSR count). The Kier molecular flexibility index (Phi) is 8.32. The van der Waals surface area contributed by atoms with Crippen LogP contribution in [-0.2, 0) is 19.0 Å². The normalized spacial score (nSPS) is 18.6. The second-order valence-corrected chi connectivity index (χ2v) is 5.69. The highest BCUT2D eigenvalue weighted by Gasteiger charge is 2.85. The van der Waals surface area contributed by atoms with Gasteiger partial charge in [-0.15, -0.1) is 0 Å². The van der Waals surface area contributed by atoms with Crippen LogP contribution in [0.15, 0.2) is 0 Å². The lowest BCUT2D eigenvalue weighted by Crippen LogP contribution is -2.68. The fourth-order valence-electron chi connectivity index (χ4n) is 1.39. The number of carbonyl (C=O) groups is 1. The summed E-state index contributed by atoms with van der Waals surface area (Å²) in [6.45, 7) is -3.31. The number of hydrogen-bond donors (Lipinski definition) is 0. The molecule has 0 aromatic carbocycles. The third kappa shape index (κ3) is 6.41. The van der Waals surface area contributed by atoms with Gasteiger partial charge in [0.2, 0.25) is 0 Å². The summed E-state index contributed by atoms with van der Waals surface area (Å²) in [7, 11) is 0. The zero-order chi connectivity index (χ0) is 28.9. The Morgan fingerprint density at radius 1 is 0.514 bits per heavy atom. The van der Waals surface area contributed by atoms with E-state index in [0.29, 0.717) is 0 Å². The third-order valence-electron chi connectivity index (χ3n) is 2.99. The predicted molar refractivity (Wildman–Crippen MR) is 59.9 cm³/mol. The van der Waals surface area contributed by atoms with Crippen molar-refractivity contribution >= 4 is 5.97 Å². The van der Waals surface area contributed by atoms with E-state index in [9.17, 15) is 92.6 Å². The molecule has 0 aliphatic heterocycles. The van der Waals surface area contributed by atoms with Gasteiger partial charge in [-0.25, -0.2) is 4.79 Å². The van der Waals surface area contributed by atoms with E-state index in [-0.39, 0.29) is 0 Å². The Labute approximate surface area is 175 Å². The summed E-state index contributed by atoms with van der Waals surface area (Å²) < 4.78 is 258. The van der Waals surface area contributed by atoms with Crippen molar-refractivity contribution in [2.24, 2.45) is 0 Å². The molecule has 2 atom stereocenters. The molecule has 4 nitrogen and oxygen atoms in total. The number of rotatable bonds is 8. The summed E-state index contributed by atoms with van der Waals surface area (Å²) in [6.07, 6.45) is -45.5. The van der Waals surface area contributed by atoms with E-state index in [0.717, 1.165) is 4.74 Å². The van der Waals surface area contributed by atoms with Crippen LogP contribution in [0.3, 0.4) is 0 Å². The van der Waals surface area contributed by atoms with Crippen LogP contribution in [-0.4, -0.2) is 67.1 Å². The minimum atomic E-state index is -8.27. The third-order valence-corrected chi connectivity index (χ3v) is 2.99. The van der Waals surface area contributed by atoms with Crippen molar-refractivity contribution in [3.63, 3.8) is 0 Å². The number of halogens is 20. The van der Waals surface area contributed by atoms with Crippen LogP contribution < -0.4 is 0 Å². The van der Waals surface area contributed by atoms with E-state index in [4.69, 9.17) is 0 Å². The monoisotopic (exact) mass is 578 g/mol. The summed E-state index contributed by atoms with van der Waals surface area (Å²) in [5, 5.41) is 0. The lowest BCUT2D eigenvalue weighted by molar-refractivity contribution is -0.548. The maximum atomic E-state index is 13.8. The topological polar surface area (TPSA) is 44.8 Å². The van der Waals surface area contributed by atoms with Crippen molar-refractivity contribution in [3.05, 3.63) is 0 Å². The highest BCUT2D eigenvalue weighted by Crippen LogP contribution is 2.56. The van der Waals surface area contributed by atoms with Crippen molar-refractivity contribution < 1.29 is 107 Å². The smallest absolute Gasteiger partial charge is 0.452 e. The average molecular weight is 578 g/mol. The van der Waals surface area contributed by atoms with Crippen LogP contribution in [0, 0.1) is 0 Å². The van der Waals surface area contributed by atoms with Gasteiger partial charge >= 0.3 is 60.5 Å². The molecule has 0 saturated carbocycles. The first-order chi connectivity index (χ1) is 14.8. The molecular formula is C11H2F20O4. The van der Waals surface area contributed by atoms with Crippen LogP contribution in [0.5, 0.6) is 0 Å². The zero-order valence-corrected chi connectivity index (χ0v) is 14.9. The van der Waals surface area contributed by atoms with E-state index in [2.05, 4.69) is 4.74 Å². The molecule has 0 aliphatic carbocycles. The quantitative estimate of drug-likeness (QED) is 0.264. The number of hydrogen-bond acceptors (Lipinski definition) is 4. The fraction of sp³-hybridized carbons (Fsp3) is 0.909. The molecule has 0 saturated heterocycles. The standard InChI is InChI=1S/C11H2F20O4/c12-3(13,14)1-33-2(32)4(15,7(19,20)21)34-11(30,31)6(18,9(25,26)27)35-10(28,29)5(16,17)8(22,23)24/h1H2/t4-,6-/m1/s1. The first-order valence-corrected chi connectivity index (χ1v) is 7.15. The Morgan fingerprint density at radius 3 is 1.20 bits per heavy atom. The molecule has 0 aromatic heterocycles. The van der Waals surface area contributed by atoms with Crippen molar-refractivity contribution in [2.45, 2.75) is 54.6 Å². The van der Waals surface area contributed by atoms with Crippen molar-refractivity contribution in [2.75, 3.05) is 6.61 Å². The molecule has 210 valence electrons. The lowest BCUT2D eigenvalue weighted by Gasteiger charge is -2.39. The van der Waals surface area contributed by atoms with Gasteiger partial charge in [-0.1, -0.05) is 0 Å². The Morgan fingerprint density at radius 2 is 0.914 bits per heavy atom. The molecule has 0 radical (unpaired) electrons. The van der Waals surface area contributed by atoms with E-state index in [1.54, 1.807) is 0 Å². The molecule has 0 spiro atoms. The van der Waals surface area contributed by atoms with Gasteiger partial charge in [0.25, 0.3) is 0 Å². The molecule has 0 heterocycles. The fourth-order valence-corrected chi connectivity index (χ4v) is 1.39. The molecule has 0 unspecified atom stereocenters. The van der Waals surface area contributed by atoms with Crippen molar-refractivity contribution in [1.29, 1.82) is 0 Å². The zero-order valence-electron chi connectivity index (χ0n) is 14.9. The number of ether oxygens (including phenoxy) is 3. The molecule has 0 bridgehead atoms. The molecule has 35 heavy (non-hydrogen) atoms. The van der Waals surface area contributed by atoms with Crippen LogP contribution >= 0.6 is 0 Å². The number of esters is 1. The maximum absolute atomic E-state index is 13.8. The van der Waals surface area contributed by atoms with Gasteiger partial charge < -0.3 is 4.74 Å². The minimum absolute atomic E-state index is 1.16.